The quantitative estimate of drug-likeness (QED) is 0.453. The lowest BCUT2D eigenvalue weighted by atomic mass is 9.84. The number of amides is 2. The molecular weight excluding hydrogens is 483 g/mol. The van der Waals surface area contributed by atoms with Gasteiger partial charge in [0.05, 0.1) is 17.6 Å². The summed E-state index contributed by atoms with van der Waals surface area (Å²) in [5.41, 5.74) is 0.823. The predicted molar refractivity (Wildman–Crippen MR) is 128 cm³/mol. The number of likely N-dealkylation sites (tertiary alicyclic amines) is 2. The first-order chi connectivity index (χ1) is 17.8. The first-order valence-corrected chi connectivity index (χ1v) is 12.3. The molecule has 0 aliphatic carbocycles. The summed E-state index contributed by atoms with van der Waals surface area (Å²) in [4.78, 5) is 21.5. The molecule has 2 amide bonds. The molecule has 192 valence electrons. The van der Waals surface area contributed by atoms with Crippen LogP contribution in [0.2, 0.25) is 0 Å². The van der Waals surface area contributed by atoms with Crippen molar-refractivity contribution in [3.8, 4) is 17.5 Å². The number of urea groups is 1. The van der Waals surface area contributed by atoms with Gasteiger partial charge in [-0.1, -0.05) is 47.6 Å². The van der Waals surface area contributed by atoms with Gasteiger partial charge in [-0.05, 0) is 37.0 Å². The number of carbonyl (C=O) groups excluding carboxylic acids is 1. The summed E-state index contributed by atoms with van der Waals surface area (Å²) in [5.74, 6) is 0.327. The lowest BCUT2D eigenvalue weighted by Crippen LogP contribution is -2.51. The van der Waals surface area contributed by atoms with Gasteiger partial charge in [0.25, 0.3) is 0 Å². The molecule has 0 spiro atoms. The molecule has 0 saturated carbocycles. The molecule has 3 heterocycles. The second-order valence-electron chi connectivity index (χ2n) is 9.65. The fraction of sp³-hybridized carbons (Fsp3) is 0.407. The van der Waals surface area contributed by atoms with Crippen molar-refractivity contribution in [1.82, 2.24) is 19.9 Å². The van der Waals surface area contributed by atoms with E-state index in [0.29, 0.717) is 57.2 Å². The molecule has 2 unspecified atom stereocenters. The molecule has 7 nitrogen and oxygen atoms in total. The van der Waals surface area contributed by atoms with Gasteiger partial charge in [0.15, 0.2) is 0 Å². The van der Waals surface area contributed by atoms with E-state index in [0.717, 1.165) is 23.3 Å². The molecule has 0 bridgehead atoms. The van der Waals surface area contributed by atoms with E-state index in [4.69, 9.17) is 4.52 Å². The number of nitrogens with zero attached hydrogens (tertiary/aromatic N) is 5. The highest BCUT2D eigenvalue weighted by atomic mass is 19.4. The fourth-order valence-electron chi connectivity index (χ4n) is 5.13. The second kappa shape index (κ2) is 10.2. The summed E-state index contributed by atoms with van der Waals surface area (Å²) >= 11 is 0. The molecule has 2 saturated heterocycles. The van der Waals surface area contributed by atoms with Crippen LogP contribution in [0.25, 0.3) is 11.4 Å². The van der Waals surface area contributed by atoms with Crippen LogP contribution in [-0.4, -0.2) is 52.2 Å². The molecule has 10 heteroatoms. The van der Waals surface area contributed by atoms with Gasteiger partial charge in [0.2, 0.25) is 11.7 Å². The highest BCUT2D eigenvalue weighted by Crippen LogP contribution is 2.38. The molecule has 0 N–H and O–H groups in total. The largest absolute Gasteiger partial charge is 0.416 e. The Balaban J connectivity index is 1.40. The Kier molecular flexibility index (Phi) is 6.87. The maximum absolute atomic E-state index is 13.5. The summed E-state index contributed by atoms with van der Waals surface area (Å²) in [6, 6.07) is 16.7. The van der Waals surface area contributed by atoms with Crippen LogP contribution < -0.4 is 0 Å². The van der Waals surface area contributed by atoms with E-state index in [-0.39, 0.29) is 23.8 Å². The van der Waals surface area contributed by atoms with Gasteiger partial charge in [-0.25, -0.2) is 4.79 Å². The standard InChI is InChI=1S/C27H26F3N5O2/c28-27(29,30)23-8-6-19(7-9-23)21-14-22(25-32-24(33-37-25)20-4-2-1-3-5-20)17-35(16-21)26(36)34-12-10-18(15-31)11-13-34/h1-9,18,21-22H,10-14,16-17H2. The van der Waals surface area contributed by atoms with Gasteiger partial charge in [-0.2, -0.15) is 23.4 Å². The average Bonchev–Trinajstić information content (AvgIpc) is 3.43. The van der Waals surface area contributed by atoms with Gasteiger partial charge in [0, 0.05) is 43.6 Å². The summed E-state index contributed by atoms with van der Waals surface area (Å²) < 4.78 is 44.9. The zero-order chi connectivity index (χ0) is 26.0. The Morgan fingerprint density at radius 1 is 0.973 bits per heavy atom. The number of benzene rings is 2. The highest BCUT2D eigenvalue weighted by molar-refractivity contribution is 5.75. The minimum Gasteiger partial charge on any atom is -0.339 e. The van der Waals surface area contributed by atoms with E-state index in [1.807, 2.05) is 30.3 Å². The minimum atomic E-state index is -4.41. The normalized spacial score (nSPS) is 21.0. The minimum absolute atomic E-state index is 0.0483. The highest BCUT2D eigenvalue weighted by Gasteiger charge is 2.37. The number of alkyl halides is 3. The Morgan fingerprint density at radius 3 is 2.30 bits per heavy atom. The number of rotatable bonds is 3. The SMILES string of the molecule is N#CC1CCN(C(=O)N2CC(c3ccc(C(F)(F)F)cc3)CC(c3nc(-c4ccccc4)no3)C2)CC1. The summed E-state index contributed by atoms with van der Waals surface area (Å²) in [6.07, 6.45) is -2.59. The molecule has 5 rings (SSSR count). The van der Waals surface area contributed by atoms with Crippen molar-refractivity contribution < 1.29 is 22.5 Å². The Labute approximate surface area is 212 Å². The summed E-state index contributed by atoms with van der Waals surface area (Å²) in [5, 5.41) is 13.3. The monoisotopic (exact) mass is 509 g/mol. The zero-order valence-corrected chi connectivity index (χ0v) is 20.1. The van der Waals surface area contributed by atoms with E-state index in [1.54, 1.807) is 9.80 Å². The molecule has 2 aliphatic rings. The lowest BCUT2D eigenvalue weighted by molar-refractivity contribution is -0.137. The molecule has 2 atom stereocenters. The number of hydrogen-bond donors (Lipinski definition) is 0. The van der Waals surface area contributed by atoms with Crippen LogP contribution in [0.3, 0.4) is 0 Å². The van der Waals surface area contributed by atoms with Gasteiger partial charge < -0.3 is 14.3 Å². The van der Waals surface area contributed by atoms with E-state index in [2.05, 4.69) is 16.2 Å². The second-order valence-corrected chi connectivity index (χ2v) is 9.65. The molecule has 2 aromatic carbocycles. The molecule has 2 fully saturated rings. The molecular formula is C27H26F3N5O2. The predicted octanol–water partition coefficient (Wildman–Crippen LogP) is 5.68. The van der Waals surface area contributed by atoms with Crippen LogP contribution in [0.1, 0.15) is 48.1 Å². The maximum atomic E-state index is 13.5. The van der Waals surface area contributed by atoms with Crippen LogP contribution in [0.4, 0.5) is 18.0 Å². The van der Waals surface area contributed by atoms with Crippen molar-refractivity contribution in [1.29, 1.82) is 5.26 Å². The summed E-state index contributed by atoms with van der Waals surface area (Å²) in [6.45, 7) is 1.74. The molecule has 0 radical (unpaired) electrons. The third-order valence-electron chi connectivity index (χ3n) is 7.20. The van der Waals surface area contributed by atoms with E-state index < -0.39 is 11.7 Å². The smallest absolute Gasteiger partial charge is 0.339 e. The van der Waals surface area contributed by atoms with Crippen LogP contribution >= 0.6 is 0 Å². The van der Waals surface area contributed by atoms with Gasteiger partial charge in [-0.15, -0.1) is 0 Å². The molecule has 3 aromatic rings. The van der Waals surface area contributed by atoms with Crippen LogP contribution in [0.5, 0.6) is 0 Å². The van der Waals surface area contributed by atoms with E-state index in [1.165, 1.54) is 12.1 Å². The van der Waals surface area contributed by atoms with Crippen LogP contribution in [-0.2, 0) is 6.18 Å². The summed E-state index contributed by atoms with van der Waals surface area (Å²) in [7, 11) is 0. The average molecular weight is 510 g/mol. The van der Waals surface area contributed by atoms with Crippen molar-refractivity contribution >= 4 is 6.03 Å². The van der Waals surface area contributed by atoms with Crippen molar-refractivity contribution in [2.75, 3.05) is 26.2 Å². The first-order valence-electron chi connectivity index (χ1n) is 12.3. The molecule has 1 aromatic heterocycles. The Morgan fingerprint density at radius 2 is 1.65 bits per heavy atom. The first kappa shape index (κ1) is 24.8. The fourth-order valence-corrected chi connectivity index (χ4v) is 5.13. The number of halogens is 3. The number of aromatic nitrogens is 2. The number of carbonyl (C=O) groups is 1. The Hall–Kier alpha value is -3.87. The van der Waals surface area contributed by atoms with E-state index >= 15 is 0 Å². The van der Waals surface area contributed by atoms with Crippen molar-refractivity contribution in [2.24, 2.45) is 5.92 Å². The number of nitriles is 1. The lowest BCUT2D eigenvalue weighted by Gasteiger charge is -2.40. The van der Waals surface area contributed by atoms with Gasteiger partial charge >= 0.3 is 12.2 Å². The topological polar surface area (TPSA) is 86.3 Å². The van der Waals surface area contributed by atoms with Crippen molar-refractivity contribution in [3.63, 3.8) is 0 Å². The maximum Gasteiger partial charge on any atom is 0.416 e. The number of hydrogen-bond acceptors (Lipinski definition) is 5. The number of piperidine rings is 2. The van der Waals surface area contributed by atoms with Crippen molar-refractivity contribution in [2.45, 2.75) is 37.3 Å². The van der Waals surface area contributed by atoms with Gasteiger partial charge in [0.1, 0.15) is 0 Å². The third kappa shape index (κ3) is 5.45. The van der Waals surface area contributed by atoms with Crippen LogP contribution in [0, 0.1) is 17.2 Å². The van der Waals surface area contributed by atoms with Gasteiger partial charge in [-0.3, -0.25) is 0 Å². The zero-order valence-electron chi connectivity index (χ0n) is 20.1. The third-order valence-corrected chi connectivity index (χ3v) is 7.20. The molecule has 37 heavy (non-hydrogen) atoms. The Bertz CT molecular complexity index is 1260. The van der Waals surface area contributed by atoms with E-state index in [9.17, 15) is 23.2 Å². The van der Waals surface area contributed by atoms with Crippen molar-refractivity contribution in [3.05, 3.63) is 71.6 Å². The van der Waals surface area contributed by atoms with Crippen LogP contribution in [0.15, 0.2) is 59.1 Å². The molecule has 2 aliphatic heterocycles.